The number of imidazole rings is 1. The Bertz CT molecular complexity index is 604. The minimum Gasteiger partial charge on any atom is -0.393 e. The third kappa shape index (κ3) is 3.28. The fraction of sp³-hybridized carbons (Fsp3) is 0.400. The summed E-state index contributed by atoms with van der Waals surface area (Å²) in [5, 5.41) is 12.5. The number of pyridine rings is 1. The molecule has 0 aliphatic heterocycles. The first-order valence-corrected chi connectivity index (χ1v) is 7.16. The summed E-state index contributed by atoms with van der Waals surface area (Å²) in [5.74, 6) is 0.498. The van der Waals surface area contributed by atoms with Gasteiger partial charge >= 0.3 is 0 Å². The number of rotatable bonds is 3. The zero-order valence-corrected chi connectivity index (χ0v) is 11.6. The zero-order chi connectivity index (χ0) is 14.7. The van der Waals surface area contributed by atoms with Crippen molar-refractivity contribution in [2.75, 3.05) is 0 Å². The van der Waals surface area contributed by atoms with Crippen LogP contribution in [0, 0.1) is 0 Å². The summed E-state index contributed by atoms with van der Waals surface area (Å²) in [6.45, 7) is 0. The molecule has 1 aliphatic carbocycles. The molecule has 2 heterocycles. The number of carbonyl (C=O) groups excluding carboxylic acids is 1. The molecule has 0 saturated heterocycles. The molecule has 1 saturated carbocycles. The molecule has 6 nitrogen and oxygen atoms in total. The second kappa shape index (κ2) is 6.05. The monoisotopic (exact) mass is 286 g/mol. The van der Waals surface area contributed by atoms with Gasteiger partial charge in [0.05, 0.1) is 6.10 Å². The lowest BCUT2D eigenvalue weighted by Crippen LogP contribution is -2.38. The molecule has 0 radical (unpaired) electrons. The molecule has 21 heavy (non-hydrogen) atoms. The predicted octanol–water partition coefficient (Wildman–Crippen LogP) is 1.30. The van der Waals surface area contributed by atoms with Gasteiger partial charge in [0.15, 0.2) is 0 Å². The fourth-order valence-corrected chi connectivity index (χ4v) is 2.57. The van der Waals surface area contributed by atoms with Crippen LogP contribution in [0.3, 0.4) is 0 Å². The van der Waals surface area contributed by atoms with Crippen LogP contribution in [0.1, 0.15) is 36.2 Å². The van der Waals surface area contributed by atoms with Gasteiger partial charge in [-0.2, -0.15) is 0 Å². The van der Waals surface area contributed by atoms with E-state index in [4.69, 9.17) is 0 Å². The van der Waals surface area contributed by atoms with E-state index in [1.807, 2.05) is 12.1 Å². The minimum absolute atomic E-state index is 0.125. The standard InChI is InChI=1S/C15H18N4O2/c20-12-6-4-11(5-7-12)17-15(21)13-2-1-3-14(18-13)19-9-8-16-10-19/h1-3,8-12,20H,4-7H2,(H,17,21). The van der Waals surface area contributed by atoms with Gasteiger partial charge in [0.1, 0.15) is 17.8 Å². The molecule has 0 unspecified atom stereocenters. The molecular formula is C15H18N4O2. The lowest BCUT2D eigenvalue weighted by atomic mass is 9.93. The molecule has 1 aliphatic rings. The van der Waals surface area contributed by atoms with Gasteiger partial charge in [-0.15, -0.1) is 0 Å². The van der Waals surface area contributed by atoms with Crippen LogP contribution >= 0.6 is 0 Å². The molecule has 6 heteroatoms. The number of hydrogen-bond acceptors (Lipinski definition) is 4. The maximum Gasteiger partial charge on any atom is 0.270 e. The van der Waals surface area contributed by atoms with Gasteiger partial charge in [-0.3, -0.25) is 9.36 Å². The molecule has 3 rings (SSSR count). The third-order valence-electron chi connectivity index (χ3n) is 3.77. The van der Waals surface area contributed by atoms with Gasteiger partial charge in [-0.05, 0) is 37.8 Å². The Labute approximate surface area is 122 Å². The Balaban J connectivity index is 1.69. The highest BCUT2D eigenvalue weighted by molar-refractivity contribution is 5.92. The summed E-state index contributed by atoms with van der Waals surface area (Å²) in [6, 6.07) is 5.46. The van der Waals surface area contributed by atoms with Crippen molar-refractivity contribution >= 4 is 5.91 Å². The number of hydrogen-bond donors (Lipinski definition) is 2. The van der Waals surface area contributed by atoms with Crippen LogP contribution < -0.4 is 5.32 Å². The second-order valence-corrected chi connectivity index (χ2v) is 5.33. The van der Waals surface area contributed by atoms with Crippen LogP contribution in [0.15, 0.2) is 36.9 Å². The van der Waals surface area contributed by atoms with E-state index in [1.54, 1.807) is 29.4 Å². The van der Waals surface area contributed by atoms with Crippen LogP contribution in [0.5, 0.6) is 0 Å². The lowest BCUT2D eigenvalue weighted by molar-refractivity contribution is 0.0863. The van der Waals surface area contributed by atoms with Crippen LogP contribution in [-0.4, -0.2) is 37.7 Å². The summed E-state index contributed by atoms with van der Waals surface area (Å²) >= 11 is 0. The average Bonchev–Trinajstić information content (AvgIpc) is 3.04. The summed E-state index contributed by atoms with van der Waals surface area (Å²) < 4.78 is 1.76. The highest BCUT2D eigenvalue weighted by Crippen LogP contribution is 2.18. The van der Waals surface area contributed by atoms with E-state index in [0.717, 1.165) is 25.7 Å². The molecule has 2 aromatic heterocycles. The molecular weight excluding hydrogens is 268 g/mol. The first-order chi connectivity index (χ1) is 10.2. The first kappa shape index (κ1) is 13.8. The minimum atomic E-state index is -0.221. The smallest absolute Gasteiger partial charge is 0.270 e. The molecule has 110 valence electrons. The van der Waals surface area contributed by atoms with Gasteiger partial charge in [0.25, 0.3) is 5.91 Å². The normalized spacial score (nSPS) is 22.0. The van der Waals surface area contributed by atoms with E-state index in [9.17, 15) is 9.90 Å². The summed E-state index contributed by atoms with van der Waals surface area (Å²) in [5.41, 5.74) is 0.396. The van der Waals surface area contributed by atoms with Crippen molar-refractivity contribution < 1.29 is 9.90 Å². The summed E-state index contributed by atoms with van der Waals surface area (Å²) in [7, 11) is 0. The largest absolute Gasteiger partial charge is 0.393 e. The molecule has 1 fully saturated rings. The maximum atomic E-state index is 12.3. The molecule has 2 N–H and O–H groups in total. The van der Waals surface area contributed by atoms with Crippen molar-refractivity contribution in [3.8, 4) is 5.82 Å². The van der Waals surface area contributed by atoms with E-state index < -0.39 is 0 Å². The average molecular weight is 286 g/mol. The predicted molar refractivity (Wildman–Crippen MR) is 77.1 cm³/mol. The Morgan fingerprint density at radius 1 is 1.29 bits per heavy atom. The number of aliphatic hydroxyl groups is 1. The number of aromatic nitrogens is 3. The molecule has 1 amide bonds. The highest BCUT2D eigenvalue weighted by atomic mass is 16.3. The summed E-state index contributed by atoms with van der Waals surface area (Å²) in [4.78, 5) is 20.6. The van der Waals surface area contributed by atoms with Crippen LogP contribution in [-0.2, 0) is 0 Å². The van der Waals surface area contributed by atoms with Crippen molar-refractivity contribution in [1.29, 1.82) is 0 Å². The molecule has 0 atom stereocenters. The van der Waals surface area contributed by atoms with E-state index in [2.05, 4.69) is 15.3 Å². The Hall–Kier alpha value is -2.21. The van der Waals surface area contributed by atoms with Crippen molar-refractivity contribution in [3.63, 3.8) is 0 Å². The number of nitrogens with zero attached hydrogens (tertiary/aromatic N) is 3. The maximum absolute atomic E-state index is 12.3. The van der Waals surface area contributed by atoms with Crippen molar-refractivity contribution in [1.82, 2.24) is 19.9 Å². The third-order valence-corrected chi connectivity index (χ3v) is 3.77. The van der Waals surface area contributed by atoms with E-state index in [-0.39, 0.29) is 18.1 Å². The Morgan fingerprint density at radius 3 is 2.81 bits per heavy atom. The van der Waals surface area contributed by atoms with Gasteiger partial charge in [0.2, 0.25) is 0 Å². The van der Waals surface area contributed by atoms with Gasteiger partial charge in [-0.1, -0.05) is 6.07 Å². The van der Waals surface area contributed by atoms with Crippen LogP contribution in [0.4, 0.5) is 0 Å². The van der Waals surface area contributed by atoms with E-state index in [0.29, 0.717) is 11.5 Å². The van der Waals surface area contributed by atoms with Gasteiger partial charge in [0, 0.05) is 18.4 Å². The number of aliphatic hydroxyl groups excluding tert-OH is 1. The lowest BCUT2D eigenvalue weighted by Gasteiger charge is -2.26. The SMILES string of the molecule is O=C(NC1CCC(O)CC1)c1cccc(-n2ccnc2)n1. The highest BCUT2D eigenvalue weighted by Gasteiger charge is 2.21. The van der Waals surface area contributed by atoms with E-state index in [1.165, 1.54) is 0 Å². The number of amides is 1. The van der Waals surface area contributed by atoms with Crippen molar-refractivity contribution in [3.05, 3.63) is 42.6 Å². The van der Waals surface area contributed by atoms with E-state index >= 15 is 0 Å². The molecule has 0 bridgehead atoms. The van der Waals surface area contributed by atoms with Crippen molar-refractivity contribution in [2.24, 2.45) is 0 Å². The first-order valence-electron chi connectivity index (χ1n) is 7.16. The second-order valence-electron chi connectivity index (χ2n) is 5.33. The Kier molecular flexibility index (Phi) is 3.96. The number of carbonyl (C=O) groups is 1. The van der Waals surface area contributed by atoms with Gasteiger partial charge in [-0.25, -0.2) is 9.97 Å². The molecule has 0 spiro atoms. The molecule has 0 aromatic carbocycles. The number of nitrogens with one attached hydrogen (secondary N) is 1. The van der Waals surface area contributed by atoms with Gasteiger partial charge < -0.3 is 10.4 Å². The summed E-state index contributed by atoms with van der Waals surface area (Å²) in [6.07, 6.45) is 7.99. The quantitative estimate of drug-likeness (QED) is 0.891. The zero-order valence-electron chi connectivity index (χ0n) is 11.6. The van der Waals surface area contributed by atoms with Crippen LogP contribution in [0.2, 0.25) is 0 Å². The topological polar surface area (TPSA) is 80.0 Å². The molecule has 2 aromatic rings. The van der Waals surface area contributed by atoms with Crippen molar-refractivity contribution in [2.45, 2.75) is 37.8 Å². The fourth-order valence-electron chi connectivity index (χ4n) is 2.57. The Morgan fingerprint density at radius 2 is 2.10 bits per heavy atom. The van der Waals surface area contributed by atoms with Crippen LogP contribution in [0.25, 0.3) is 5.82 Å².